The number of halogens is 2. The number of amides is 1. The maximum Gasteiger partial charge on any atom is 0.262 e. The number of ether oxygens (including phenoxy) is 1. The molecule has 6 heteroatoms. The molecule has 3 aromatic carbocycles. The summed E-state index contributed by atoms with van der Waals surface area (Å²) in [5, 5.41) is 12.4. The summed E-state index contributed by atoms with van der Waals surface area (Å²) in [5.74, 6) is -0.280. The first-order valence-electron chi connectivity index (χ1n) is 9.60. The molecule has 0 aromatic heterocycles. The van der Waals surface area contributed by atoms with Crippen LogP contribution < -0.4 is 10.1 Å². The molecule has 1 amide bonds. The Morgan fingerprint density at radius 2 is 1.87 bits per heavy atom. The van der Waals surface area contributed by atoms with Gasteiger partial charge in [-0.2, -0.15) is 5.26 Å². The summed E-state index contributed by atoms with van der Waals surface area (Å²) in [5.41, 5.74) is 2.29. The molecule has 4 nitrogen and oxygen atoms in total. The first-order valence-corrected chi connectivity index (χ1v) is 10.4. The molecule has 0 aliphatic heterocycles. The monoisotopic (exact) mass is 478 g/mol. The van der Waals surface area contributed by atoms with Crippen LogP contribution in [0.1, 0.15) is 29.7 Å². The highest BCUT2D eigenvalue weighted by atomic mass is 79.9. The van der Waals surface area contributed by atoms with Crippen LogP contribution in [-0.4, -0.2) is 5.91 Å². The molecular weight excluding hydrogens is 459 g/mol. The van der Waals surface area contributed by atoms with Crippen molar-refractivity contribution in [2.24, 2.45) is 0 Å². The number of hydrogen-bond donors (Lipinski definition) is 1. The van der Waals surface area contributed by atoms with Crippen molar-refractivity contribution < 1.29 is 13.9 Å². The highest BCUT2D eigenvalue weighted by Crippen LogP contribution is 2.27. The van der Waals surface area contributed by atoms with Crippen LogP contribution in [0.25, 0.3) is 6.08 Å². The van der Waals surface area contributed by atoms with Crippen LogP contribution >= 0.6 is 15.9 Å². The molecule has 0 saturated carbocycles. The predicted molar refractivity (Wildman–Crippen MR) is 121 cm³/mol. The normalized spacial score (nSPS) is 12.0. The molecule has 1 N–H and O–H groups in total. The van der Waals surface area contributed by atoms with Gasteiger partial charge in [0.2, 0.25) is 0 Å². The van der Waals surface area contributed by atoms with Crippen molar-refractivity contribution in [1.29, 1.82) is 5.26 Å². The lowest BCUT2D eigenvalue weighted by molar-refractivity contribution is -0.117. The summed E-state index contributed by atoms with van der Waals surface area (Å²) >= 11 is 3.41. The standard InChI is InChI=1S/C25H20BrFN2O2/c1-17(19-5-3-2-4-6-19)29-25(30)21(15-28)13-20-14-22(26)9-12-24(20)31-16-18-7-10-23(27)11-8-18/h2-14,17H,16H2,1H3,(H,29,30)/b21-13-/t17-/m0/s1. The second-order valence-electron chi connectivity index (χ2n) is 6.87. The predicted octanol–water partition coefficient (Wildman–Crippen LogP) is 5.95. The van der Waals surface area contributed by atoms with E-state index < -0.39 is 5.91 Å². The average molecular weight is 479 g/mol. The van der Waals surface area contributed by atoms with Crippen molar-refractivity contribution in [3.63, 3.8) is 0 Å². The van der Waals surface area contributed by atoms with Crippen LogP contribution in [0.5, 0.6) is 5.75 Å². The Morgan fingerprint density at radius 1 is 1.16 bits per heavy atom. The van der Waals surface area contributed by atoms with Gasteiger partial charge in [0.05, 0.1) is 6.04 Å². The first kappa shape index (κ1) is 22.3. The smallest absolute Gasteiger partial charge is 0.262 e. The van der Waals surface area contributed by atoms with Crippen molar-refractivity contribution in [2.75, 3.05) is 0 Å². The summed E-state index contributed by atoms with van der Waals surface area (Å²) in [6.45, 7) is 2.08. The minimum atomic E-state index is -0.469. The molecule has 0 saturated heterocycles. The zero-order valence-corrected chi connectivity index (χ0v) is 18.4. The van der Waals surface area contributed by atoms with Gasteiger partial charge < -0.3 is 10.1 Å². The van der Waals surface area contributed by atoms with E-state index in [1.54, 1.807) is 30.3 Å². The second kappa shape index (κ2) is 10.6. The van der Waals surface area contributed by atoms with Crippen LogP contribution in [0.2, 0.25) is 0 Å². The fourth-order valence-electron chi connectivity index (χ4n) is 2.91. The SMILES string of the molecule is C[C@H](NC(=O)/C(C#N)=C\c1cc(Br)ccc1OCc1ccc(F)cc1)c1ccccc1. The van der Waals surface area contributed by atoms with Gasteiger partial charge in [-0.3, -0.25) is 4.79 Å². The summed E-state index contributed by atoms with van der Waals surface area (Å²) in [6, 6.07) is 22.6. The number of hydrogen-bond acceptors (Lipinski definition) is 3. The molecule has 0 unspecified atom stereocenters. The van der Waals surface area contributed by atoms with Gasteiger partial charge in [0.1, 0.15) is 29.8 Å². The summed E-state index contributed by atoms with van der Waals surface area (Å²) in [6.07, 6.45) is 1.50. The molecule has 0 radical (unpaired) electrons. The van der Waals surface area contributed by atoms with E-state index in [2.05, 4.69) is 21.2 Å². The van der Waals surface area contributed by atoms with Crippen molar-refractivity contribution >= 4 is 27.9 Å². The van der Waals surface area contributed by atoms with E-state index in [0.717, 1.165) is 15.6 Å². The van der Waals surface area contributed by atoms with Crippen LogP contribution in [0, 0.1) is 17.1 Å². The van der Waals surface area contributed by atoms with Gasteiger partial charge in [-0.25, -0.2) is 4.39 Å². The number of rotatable bonds is 7. The van der Waals surface area contributed by atoms with Gasteiger partial charge in [0.25, 0.3) is 5.91 Å². The average Bonchev–Trinajstić information content (AvgIpc) is 2.78. The lowest BCUT2D eigenvalue weighted by Crippen LogP contribution is -2.27. The van der Waals surface area contributed by atoms with Crippen LogP contribution in [0.3, 0.4) is 0 Å². The van der Waals surface area contributed by atoms with Gasteiger partial charge >= 0.3 is 0 Å². The fraction of sp³-hybridized carbons (Fsp3) is 0.120. The van der Waals surface area contributed by atoms with Crippen LogP contribution in [0.4, 0.5) is 4.39 Å². The Hall–Kier alpha value is -3.43. The van der Waals surface area contributed by atoms with E-state index >= 15 is 0 Å². The number of nitriles is 1. The molecule has 0 fully saturated rings. The highest BCUT2D eigenvalue weighted by molar-refractivity contribution is 9.10. The molecule has 3 aromatic rings. The highest BCUT2D eigenvalue weighted by Gasteiger charge is 2.15. The summed E-state index contributed by atoms with van der Waals surface area (Å²) < 4.78 is 19.7. The molecule has 0 bridgehead atoms. The topological polar surface area (TPSA) is 62.1 Å². The Labute approximate surface area is 189 Å². The first-order chi connectivity index (χ1) is 15.0. The molecule has 0 spiro atoms. The third-order valence-electron chi connectivity index (χ3n) is 4.59. The zero-order valence-electron chi connectivity index (χ0n) is 16.8. The number of benzene rings is 3. The Morgan fingerprint density at radius 3 is 2.55 bits per heavy atom. The minimum Gasteiger partial charge on any atom is -0.488 e. The zero-order chi connectivity index (χ0) is 22.2. The van der Waals surface area contributed by atoms with Gasteiger partial charge in [-0.05, 0) is 54.5 Å². The third-order valence-corrected chi connectivity index (χ3v) is 5.08. The van der Waals surface area contributed by atoms with Crippen molar-refractivity contribution in [3.05, 3.63) is 105 Å². The van der Waals surface area contributed by atoms with Gasteiger partial charge in [-0.1, -0.05) is 58.4 Å². The quantitative estimate of drug-likeness (QED) is 0.337. The molecule has 31 heavy (non-hydrogen) atoms. The second-order valence-corrected chi connectivity index (χ2v) is 7.79. The lowest BCUT2D eigenvalue weighted by Gasteiger charge is -2.14. The van der Waals surface area contributed by atoms with Crippen LogP contribution in [-0.2, 0) is 11.4 Å². The number of carbonyl (C=O) groups is 1. The van der Waals surface area contributed by atoms with E-state index in [9.17, 15) is 14.4 Å². The van der Waals surface area contributed by atoms with Crippen molar-refractivity contribution in [3.8, 4) is 11.8 Å². The minimum absolute atomic E-state index is 0.0347. The largest absolute Gasteiger partial charge is 0.488 e. The van der Waals surface area contributed by atoms with E-state index in [4.69, 9.17) is 4.74 Å². The summed E-state index contributed by atoms with van der Waals surface area (Å²) in [4.78, 5) is 12.7. The van der Waals surface area contributed by atoms with Crippen molar-refractivity contribution in [2.45, 2.75) is 19.6 Å². The van der Waals surface area contributed by atoms with Gasteiger partial charge in [0.15, 0.2) is 0 Å². The van der Waals surface area contributed by atoms with E-state index in [1.807, 2.05) is 43.3 Å². The molecule has 0 heterocycles. The maximum absolute atomic E-state index is 13.1. The maximum atomic E-state index is 13.1. The van der Waals surface area contributed by atoms with Gasteiger partial charge in [0, 0.05) is 10.0 Å². The molecule has 1 atom stereocenters. The Kier molecular flexibility index (Phi) is 7.58. The molecule has 156 valence electrons. The number of carbonyl (C=O) groups excluding carboxylic acids is 1. The summed E-state index contributed by atoms with van der Waals surface area (Å²) in [7, 11) is 0. The third kappa shape index (κ3) is 6.27. The molecule has 0 aliphatic carbocycles. The molecule has 3 rings (SSSR count). The molecule has 0 aliphatic rings. The fourth-order valence-corrected chi connectivity index (χ4v) is 3.29. The van der Waals surface area contributed by atoms with E-state index in [1.165, 1.54) is 18.2 Å². The van der Waals surface area contributed by atoms with Crippen LogP contribution in [0.15, 0.2) is 82.8 Å². The van der Waals surface area contributed by atoms with Crippen molar-refractivity contribution in [1.82, 2.24) is 5.32 Å². The Bertz CT molecular complexity index is 1120. The van der Waals surface area contributed by atoms with E-state index in [-0.39, 0.29) is 24.0 Å². The van der Waals surface area contributed by atoms with Gasteiger partial charge in [-0.15, -0.1) is 0 Å². The molecular formula is C25H20BrFN2O2. The van der Waals surface area contributed by atoms with E-state index in [0.29, 0.717) is 11.3 Å². The lowest BCUT2D eigenvalue weighted by atomic mass is 10.1. The number of nitrogens with one attached hydrogen (secondary N) is 1. The Balaban J connectivity index is 1.79. The number of nitrogens with zero attached hydrogens (tertiary/aromatic N) is 1.